The van der Waals surface area contributed by atoms with Crippen LogP contribution < -0.4 is 0 Å². The molecule has 1 amide bonds. The van der Waals surface area contributed by atoms with Gasteiger partial charge in [-0.3, -0.25) is 4.79 Å². The summed E-state index contributed by atoms with van der Waals surface area (Å²) in [5.74, 6) is 0.126. The second-order valence-corrected chi connectivity index (χ2v) is 5.04. The van der Waals surface area contributed by atoms with E-state index in [1.54, 1.807) is 0 Å². The highest BCUT2D eigenvalue weighted by Gasteiger charge is 2.17. The van der Waals surface area contributed by atoms with Crippen molar-refractivity contribution in [3.63, 3.8) is 0 Å². The predicted molar refractivity (Wildman–Crippen MR) is 81.9 cm³/mol. The molecule has 0 unspecified atom stereocenters. The van der Waals surface area contributed by atoms with Crippen molar-refractivity contribution in [2.75, 3.05) is 13.1 Å². The number of H-pyrrole nitrogens is 1. The number of aromatic amines is 1. The number of aryl methyl sites for hydroxylation is 1. The zero-order valence-corrected chi connectivity index (χ0v) is 12.2. The third-order valence-corrected chi connectivity index (χ3v) is 3.48. The quantitative estimate of drug-likeness (QED) is 0.858. The van der Waals surface area contributed by atoms with Crippen LogP contribution in [0.2, 0.25) is 0 Å². The number of rotatable bonds is 6. The Labute approximate surface area is 120 Å². The number of carbonyl (C=O) groups excluding carboxylic acids is 1. The van der Waals surface area contributed by atoms with Crippen molar-refractivity contribution in [2.24, 2.45) is 0 Å². The van der Waals surface area contributed by atoms with Gasteiger partial charge in [-0.25, -0.2) is 0 Å². The van der Waals surface area contributed by atoms with Gasteiger partial charge < -0.3 is 9.88 Å². The van der Waals surface area contributed by atoms with Gasteiger partial charge in [-0.15, -0.1) is 0 Å². The second-order valence-electron chi connectivity index (χ2n) is 5.04. The number of amides is 1. The summed E-state index contributed by atoms with van der Waals surface area (Å²) in [5, 5.41) is 0. The normalized spacial score (nSPS) is 10.5. The molecular weight excluding hydrogens is 248 g/mol. The van der Waals surface area contributed by atoms with Crippen LogP contribution in [0.4, 0.5) is 0 Å². The zero-order chi connectivity index (χ0) is 14.4. The van der Waals surface area contributed by atoms with Gasteiger partial charge >= 0.3 is 0 Å². The minimum absolute atomic E-state index is 0.126. The fraction of sp³-hybridized carbons (Fsp3) is 0.353. The van der Waals surface area contributed by atoms with E-state index in [9.17, 15) is 4.79 Å². The molecule has 2 rings (SSSR count). The van der Waals surface area contributed by atoms with E-state index in [4.69, 9.17) is 0 Å². The van der Waals surface area contributed by atoms with Crippen LogP contribution in [0.15, 0.2) is 42.6 Å². The number of benzene rings is 1. The van der Waals surface area contributed by atoms with Crippen LogP contribution in [-0.2, 0) is 6.42 Å². The Morgan fingerprint density at radius 2 is 1.90 bits per heavy atom. The summed E-state index contributed by atoms with van der Waals surface area (Å²) in [5.41, 5.74) is 2.99. The van der Waals surface area contributed by atoms with Gasteiger partial charge in [-0.1, -0.05) is 37.3 Å². The van der Waals surface area contributed by atoms with E-state index < -0.39 is 0 Å². The average Bonchev–Trinajstić information content (AvgIpc) is 2.90. The van der Waals surface area contributed by atoms with Gasteiger partial charge in [-0.05, 0) is 31.4 Å². The Morgan fingerprint density at radius 1 is 1.15 bits per heavy atom. The van der Waals surface area contributed by atoms with Gasteiger partial charge in [0.05, 0.1) is 5.56 Å². The molecule has 0 aliphatic carbocycles. The number of hydrogen-bond donors (Lipinski definition) is 1. The summed E-state index contributed by atoms with van der Waals surface area (Å²) in [6.07, 6.45) is 3.70. The van der Waals surface area contributed by atoms with Crippen molar-refractivity contribution in [1.82, 2.24) is 9.88 Å². The van der Waals surface area contributed by atoms with E-state index in [2.05, 4.69) is 24.0 Å². The van der Waals surface area contributed by atoms with Crippen molar-refractivity contribution in [2.45, 2.75) is 26.7 Å². The molecule has 0 saturated carbocycles. The molecule has 0 aliphatic heterocycles. The fourth-order valence-corrected chi connectivity index (χ4v) is 2.35. The average molecular weight is 270 g/mol. The number of nitrogens with zero attached hydrogens (tertiary/aromatic N) is 1. The molecule has 3 nitrogen and oxygen atoms in total. The number of carbonyl (C=O) groups is 1. The van der Waals surface area contributed by atoms with E-state index >= 15 is 0 Å². The third kappa shape index (κ3) is 3.50. The lowest BCUT2D eigenvalue weighted by Crippen LogP contribution is -2.33. The first-order valence-electron chi connectivity index (χ1n) is 7.19. The molecule has 20 heavy (non-hydrogen) atoms. The number of nitrogens with one attached hydrogen (secondary N) is 1. The van der Waals surface area contributed by atoms with E-state index in [1.807, 2.05) is 42.3 Å². The van der Waals surface area contributed by atoms with Crippen LogP contribution in [0, 0.1) is 6.92 Å². The summed E-state index contributed by atoms with van der Waals surface area (Å²) in [6.45, 7) is 5.61. The van der Waals surface area contributed by atoms with E-state index in [0.29, 0.717) is 0 Å². The molecule has 106 valence electrons. The summed E-state index contributed by atoms with van der Waals surface area (Å²) in [4.78, 5) is 17.6. The monoisotopic (exact) mass is 270 g/mol. The van der Waals surface area contributed by atoms with Crippen molar-refractivity contribution in [1.29, 1.82) is 0 Å². The second kappa shape index (κ2) is 6.94. The first-order valence-corrected chi connectivity index (χ1v) is 7.19. The molecule has 0 fully saturated rings. The largest absolute Gasteiger partial charge is 0.365 e. The minimum Gasteiger partial charge on any atom is -0.365 e. The van der Waals surface area contributed by atoms with Crippen LogP contribution in [-0.4, -0.2) is 28.9 Å². The summed E-state index contributed by atoms with van der Waals surface area (Å²) in [6, 6.07) is 12.2. The van der Waals surface area contributed by atoms with Crippen LogP contribution in [0.1, 0.15) is 35.0 Å². The van der Waals surface area contributed by atoms with Gasteiger partial charge in [0.15, 0.2) is 0 Å². The van der Waals surface area contributed by atoms with Gasteiger partial charge in [0.1, 0.15) is 0 Å². The SMILES string of the molecule is CCCN(CCc1ccccc1)C(=O)c1cc[nH]c1C. The fourth-order valence-electron chi connectivity index (χ4n) is 2.35. The molecular formula is C17H22N2O. The minimum atomic E-state index is 0.126. The molecule has 0 saturated heterocycles. The molecule has 1 aromatic heterocycles. The zero-order valence-electron chi connectivity index (χ0n) is 12.2. The van der Waals surface area contributed by atoms with Crippen LogP contribution in [0.3, 0.4) is 0 Å². The Hall–Kier alpha value is -2.03. The Kier molecular flexibility index (Phi) is 4.99. The predicted octanol–water partition coefficient (Wildman–Crippen LogP) is 3.42. The number of hydrogen-bond acceptors (Lipinski definition) is 1. The molecule has 2 aromatic rings. The molecule has 0 aliphatic rings. The molecule has 3 heteroatoms. The lowest BCUT2D eigenvalue weighted by Gasteiger charge is -2.22. The third-order valence-electron chi connectivity index (χ3n) is 3.48. The molecule has 1 heterocycles. The molecule has 0 radical (unpaired) electrons. The lowest BCUT2D eigenvalue weighted by molar-refractivity contribution is 0.0757. The summed E-state index contributed by atoms with van der Waals surface area (Å²) in [7, 11) is 0. The van der Waals surface area contributed by atoms with Gasteiger partial charge in [0.25, 0.3) is 5.91 Å². The van der Waals surface area contributed by atoms with Crippen LogP contribution in [0.25, 0.3) is 0 Å². The van der Waals surface area contributed by atoms with Crippen molar-refractivity contribution in [3.8, 4) is 0 Å². The maximum absolute atomic E-state index is 12.5. The van der Waals surface area contributed by atoms with Crippen molar-refractivity contribution >= 4 is 5.91 Å². The first kappa shape index (κ1) is 14.4. The molecule has 0 spiro atoms. The van der Waals surface area contributed by atoms with E-state index in [0.717, 1.165) is 37.2 Å². The van der Waals surface area contributed by atoms with Crippen molar-refractivity contribution < 1.29 is 4.79 Å². The molecule has 0 atom stereocenters. The Morgan fingerprint density at radius 3 is 2.50 bits per heavy atom. The molecule has 1 N–H and O–H groups in total. The summed E-state index contributed by atoms with van der Waals surface area (Å²) < 4.78 is 0. The lowest BCUT2D eigenvalue weighted by atomic mass is 10.1. The van der Waals surface area contributed by atoms with Crippen molar-refractivity contribution in [3.05, 3.63) is 59.4 Å². The standard InChI is InChI=1S/C17H22N2O/c1-3-12-19(13-10-15-7-5-4-6-8-15)17(20)16-9-11-18-14(16)2/h4-9,11,18H,3,10,12-13H2,1-2H3. The van der Waals surface area contributed by atoms with E-state index in [-0.39, 0.29) is 5.91 Å². The van der Waals surface area contributed by atoms with Crippen LogP contribution >= 0.6 is 0 Å². The number of aromatic nitrogens is 1. The Bertz CT molecular complexity index is 545. The van der Waals surface area contributed by atoms with Gasteiger partial charge in [-0.2, -0.15) is 0 Å². The highest BCUT2D eigenvalue weighted by Crippen LogP contribution is 2.11. The summed E-state index contributed by atoms with van der Waals surface area (Å²) >= 11 is 0. The highest BCUT2D eigenvalue weighted by molar-refractivity contribution is 5.95. The molecule has 1 aromatic carbocycles. The maximum atomic E-state index is 12.5. The maximum Gasteiger partial charge on any atom is 0.255 e. The highest BCUT2D eigenvalue weighted by atomic mass is 16.2. The topological polar surface area (TPSA) is 36.1 Å². The van der Waals surface area contributed by atoms with E-state index in [1.165, 1.54) is 5.56 Å². The molecule has 0 bridgehead atoms. The first-order chi connectivity index (χ1) is 9.72. The van der Waals surface area contributed by atoms with Gasteiger partial charge in [0.2, 0.25) is 0 Å². The smallest absolute Gasteiger partial charge is 0.255 e. The Balaban J connectivity index is 2.03. The van der Waals surface area contributed by atoms with Crippen LogP contribution in [0.5, 0.6) is 0 Å². The van der Waals surface area contributed by atoms with Gasteiger partial charge in [0, 0.05) is 25.0 Å².